The normalized spacial score (nSPS) is 15.3. The van der Waals surface area contributed by atoms with E-state index in [1.165, 1.54) is 12.1 Å². The van der Waals surface area contributed by atoms with Crippen molar-refractivity contribution in [2.75, 3.05) is 11.4 Å². The van der Waals surface area contributed by atoms with Crippen LogP contribution < -0.4 is 4.90 Å². The highest BCUT2D eigenvalue weighted by molar-refractivity contribution is 6.30. The second-order valence-electron chi connectivity index (χ2n) is 7.86. The zero-order valence-corrected chi connectivity index (χ0v) is 18.0. The molecule has 4 rings (SSSR count). The molecular formula is C21H21ClF3N5O. The van der Waals surface area contributed by atoms with Crippen LogP contribution in [0.25, 0.3) is 11.6 Å². The Morgan fingerprint density at radius 3 is 2.52 bits per heavy atom. The van der Waals surface area contributed by atoms with Gasteiger partial charge >= 0.3 is 6.18 Å². The lowest BCUT2D eigenvalue weighted by molar-refractivity contribution is -0.138. The molecule has 10 heteroatoms. The summed E-state index contributed by atoms with van der Waals surface area (Å²) in [6.45, 7) is 6.18. The van der Waals surface area contributed by atoms with E-state index in [0.717, 1.165) is 18.2 Å². The van der Waals surface area contributed by atoms with Gasteiger partial charge in [-0.1, -0.05) is 25.4 Å². The molecule has 164 valence electrons. The highest BCUT2D eigenvalue weighted by Crippen LogP contribution is 2.41. The summed E-state index contributed by atoms with van der Waals surface area (Å²) in [4.78, 5) is 1.90. The van der Waals surface area contributed by atoms with Crippen LogP contribution in [0.4, 0.5) is 18.9 Å². The fourth-order valence-electron chi connectivity index (χ4n) is 3.75. The largest absolute Gasteiger partial charge is 0.419 e. The molecule has 0 amide bonds. The molecule has 0 radical (unpaired) electrons. The molecule has 1 aliphatic heterocycles. The summed E-state index contributed by atoms with van der Waals surface area (Å²) >= 11 is 6.05. The first kappa shape index (κ1) is 21.5. The molecule has 3 heterocycles. The Balaban J connectivity index is 1.75. The predicted molar refractivity (Wildman–Crippen MR) is 110 cm³/mol. The van der Waals surface area contributed by atoms with Gasteiger partial charge in [0.1, 0.15) is 0 Å². The topological polar surface area (TPSA) is 67.9 Å². The van der Waals surface area contributed by atoms with Crippen molar-refractivity contribution < 1.29 is 17.6 Å². The molecule has 0 N–H and O–H groups in total. The van der Waals surface area contributed by atoms with Crippen molar-refractivity contribution >= 4 is 17.3 Å². The van der Waals surface area contributed by atoms with E-state index in [2.05, 4.69) is 20.4 Å². The minimum Gasteiger partial charge on any atom is -0.419 e. The van der Waals surface area contributed by atoms with Gasteiger partial charge in [0.2, 0.25) is 5.89 Å². The van der Waals surface area contributed by atoms with E-state index >= 15 is 0 Å². The smallest absolute Gasteiger partial charge is 0.416 e. The summed E-state index contributed by atoms with van der Waals surface area (Å²) in [6, 6.07) is 4.84. The van der Waals surface area contributed by atoms with E-state index in [0.29, 0.717) is 30.2 Å². The Morgan fingerprint density at radius 2 is 1.84 bits per heavy atom. The first-order valence-corrected chi connectivity index (χ1v) is 10.4. The Kier molecular flexibility index (Phi) is 5.63. The zero-order valence-electron chi connectivity index (χ0n) is 17.2. The van der Waals surface area contributed by atoms with Gasteiger partial charge in [0.05, 0.1) is 23.0 Å². The van der Waals surface area contributed by atoms with Gasteiger partial charge in [0.25, 0.3) is 5.89 Å². The SMILES string of the molecule is CC(C)c1nnc(-c2cc3c(nn2)CCCN3[C@H](C)c2cc(Cl)ccc2C(F)(F)F)o1. The van der Waals surface area contributed by atoms with Crippen LogP contribution in [0.3, 0.4) is 0 Å². The van der Waals surface area contributed by atoms with Crippen molar-refractivity contribution in [3.8, 4) is 11.6 Å². The van der Waals surface area contributed by atoms with Gasteiger partial charge in [-0.3, -0.25) is 0 Å². The summed E-state index contributed by atoms with van der Waals surface area (Å²) in [7, 11) is 0. The maximum absolute atomic E-state index is 13.6. The Labute approximate surface area is 182 Å². The van der Waals surface area contributed by atoms with Crippen LogP contribution in [-0.4, -0.2) is 26.9 Å². The number of anilines is 1. The van der Waals surface area contributed by atoms with Crippen LogP contribution in [0.15, 0.2) is 28.7 Å². The fraction of sp³-hybridized carbons (Fsp3) is 0.429. The van der Waals surface area contributed by atoms with Gasteiger partial charge in [0, 0.05) is 17.5 Å². The van der Waals surface area contributed by atoms with Crippen molar-refractivity contribution in [2.45, 2.75) is 51.7 Å². The molecule has 0 aliphatic carbocycles. The molecule has 3 aromatic rings. The lowest BCUT2D eigenvalue weighted by Crippen LogP contribution is -2.34. The van der Waals surface area contributed by atoms with Crippen LogP contribution in [0.1, 0.15) is 61.9 Å². The van der Waals surface area contributed by atoms with E-state index in [9.17, 15) is 13.2 Å². The number of nitrogens with zero attached hydrogens (tertiary/aromatic N) is 5. The van der Waals surface area contributed by atoms with Gasteiger partial charge < -0.3 is 9.32 Å². The third-order valence-electron chi connectivity index (χ3n) is 5.36. The van der Waals surface area contributed by atoms with Crippen LogP contribution >= 0.6 is 11.6 Å². The molecule has 1 atom stereocenters. The molecule has 0 spiro atoms. The van der Waals surface area contributed by atoms with Crippen LogP contribution in [0, 0.1) is 0 Å². The molecule has 1 aromatic carbocycles. The quantitative estimate of drug-likeness (QED) is 0.496. The molecular weight excluding hydrogens is 431 g/mol. The highest BCUT2D eigenvalue weighted by atomic mass is 35.5. The monoisotopic (exact) mass is 451 g/mol. The lowest BCUT2D eigenvalue weighted by atomic mass is 9.96. The van der Waals surface area contributed by atoms with Crippen LogP contribution in [0.5, 0.6) is 0 Å². The molecule has 0 unspecified atom stereocenters. The maximum atomic E-state index is 13.6. The third-order valence-corrected chi connectivity index (χ3v) is 5.59. The first-order valence-electron chi connectivity index (χ1n) is 9.98. The van der Waals surface area contributed by atoms with E-state index in [1.807, 2.05) is 18.7 Å². The number of fused-ring (bicyclic) bond motifs is 1. The van der Waals surface area contributed by atoms with E-state index in [1.54, 1.807) is 13.0 Å². The molecule has 0 saturated carbocycles. The third kappa shape index (κ3) is 4.23. The van der Waals surface area contributed by atoms with Crippen molar-refractivity contribution in [3.05, 3.63) is 52.0 Å². The maximum Gasteiger partial charge on any atom is 0.416 e. The van der Waals surface area contributed by atoms with E-state index < -0.39 is 17.8 Å². The zero-order chi connectivity index (χ0) is 22.3. The minimum atomic E-state index is -4.48. The van der Waals surface area contributed by atoms with Crippen molar-refractivity contribution in [1.29, 1.82) is 0 Å². The molecule has 2 aromatic heterocycles. The average Bonchev–Trinajstić information content (AvgIpc) is 3.22. The van der Waals surface area contributed by atoms with E-state index in [-0.39, 0.29) is 22.4 Å². The van der Waals surface area contributed by atoms with Gasteiger partial charge in [0.15, 0.2) is 5.69 Å². The summed E-state index contributed by atoms with van der Waals surface area (Å²) in [5.74, 6) is 0.774. The standard InChI is InChI=1S/C21H21ClF3N5O/c1-11(2)19-28-29-20(31-19)17-10-18-16(26-27-17)5-4-8-30(18)12(3)14-9-13(22)6-7-15(14)21(23,24)25/h6-7,9-12H,4-5,8H2,1-3H3/t12-/m1/s1. The minimum absolute atomic E-state index is 0.0620. The van der Waals surface area contributed by atoms with E-state index in [4.69, 9.17) is 16.0 Å². The summed E-state index contributed by atoms with van der Waals surface area (Å²) in [5, 5.41) is 16.8. The van der Waals surface area contributed by atoms with Crippen molar-refractivity contribution in [1.82, 2.24) is 20.4 Å². The van der Waals surface area contributed by atoms with Gasteiger partial charge in [-0.2, -0.15) is 18.3 Å². The van der Waals surface area contributed by atoms with Gasteiger partial charge in [-0.25, -0.2) is 0 Å². The van der Waals surface area contributed by atoms with Crippen LogP contribution in [-0.2, 0) is 12.6 Å². The number of benzene rings is 1. The molecule has 0 saturated heterocycles. The average molecular weight is 452 g/mol. The summed E-state index contributed by atoms with van der Waals surface area (Å²) in [5.41, 5.74) is 1.24. The number of alkyl halides is 3. The summed E-state index contributed by atoms with van der Waals surface area (Å²) < 4.78 is 46.6. The highest BCUT2D eigenvalue weighted by Gasteiger charge is 2.36. The first-order chi connectivity index (χ1) is 14.6. The van der Waals surface area contributed by atoms with Crippen molar-refractivity contribution in [3.63, 3.8) is 0 Å². The molecule has 0 fully saturated rings. The number of aryl methyl sites for hydroxylation is 1. The predicted octanol–water partition coefficient (Wildman–Crippen LogP) is 5.84. The lowest BCUT2D eigenvalue weighted by Gasteiger charge is -2.36. The molecule has 0 bridgehead atoms. The van der Waals surface area contributed by atoms with Gasteiger partial charge in [-0.05, 0) is 49.6 Å². The molecule has 6 nitrogen and oxygen atoms in total. The Hall–Kier alpha value is -2.68. The molecule has 1 aliphatic rings. The Bertz CT molecular complexity index is 1100. The number of hydrogen-bond donors (Lipinski definition) is 0. The molecule has 31 heavy (non-hydrogen) atoms. The Morgan fingerprint density at radius 1 is 1.06 bits per heavy atom. The summed E-state index contributed by atoms with van der Waals surface area (Å²) in [6.07, 6.45) is -3.04. The number of hydrogen-bond acceptors (Lipinski definition) is 6. The second kappa shape index (κ2) is 8.11. The van der Waals surface area contributed by atoms with Gasteiger partial charge in [-0.15, -0.1) is 15.3 Å². The number of rotatable bonds is 4. The van der Waals surface area contributed by atoms with Crippen molar-refractivity contribution in [2.24, 2.45) is 0 Å². The number of halogens is 4. The fourth-order valence-corrected chi connectivity index (χ4v) is 3.94. The number of aromatic nitrogens is 4. The second-order valence-corrected chi connectivity index (χ2v) is 8.30. The van der Waals surface area contributed by atoms with Crippen LogP contribution in [0.2, 0.25) is 5.02 Å².